The molecule has 0 bridgehead atoms. The smallest absolute Gasteiger partial charge is 0.191 e. The minimum atomic E-state index is 0.553. The highest BCUT2D eigenvalue weighted by Crippen LogP contribution is 2.26. The summed E-state index contributed by atoms with van der Waals surface area (Å²) in [7, 11) is 0. The lowest BCUT2D eigenvalue weighted by molar-refractivity contribution is 0.187. The first-order chi connectivity index (χ1) is 12.3. The van der Waals surface area contributed by atoms with Crippen LogP contribution in [0.3, 0.4) is 0 Å². The molecule has 2 fully saturated rings. The molecule has 0 spiro atoms. The third-order valence-corrected chi connectivity index (χ3v) is 5.54. The summed E-state index contributed by atoms with van der Waals surface area (Å²) in [4.78, 5) is 4.84. The first-order valence-electron chi connectivity index (χ1n) is 9.98. The Labute approximate surface area is 151 Å². The summed E-state index contributed by atoms with van der Waals surface area (Å²) in [5, 5.41) is 7.16. The second-order valence-corrected chi connectivity index (χ2v) is 7.45. The topological polar surface area (TPSA) is 58.8 Å². The van der Waals surface area contributed by atoms with Crippen LogP contribution in [0.25, 0.3) is 0 Å². The van der Waals surface area contributed by atoms with Gasteiger partial charge in [-0.1, -0.05) is 13.3 Å². The summed E-state index contributed by atoms with van der Waals surface area (Å²) in [6.45, 7) is 5.73. The van der Waals surface area contributed by atoms with Crippen molar-refractivity contribution in [2.75, 3.05) is 26.3 Å². The summed E-state index contributed by atoms with van der Waals surface area (Å²) in [6, 6.07) is 4.51. The van der Waals surface area contributed by atoms with Gasteiger partial charge >= 0.3 is 0 Å². The summed E-state index contributed by atoms with van der Waals surface area (Å²) >= 11 is 0. The fraction of sp³-hybridized carbons (Fsp3) is 0.750. The third kappa shape index (κ3) is 6.07. The third-order valence-electron chi connectivity index (χ3n) is 5.54. The van der Waals surface area contributed by atoms with Crippen molar-refractivity contribution in [2.45, 2.75) is 57.9 Å². The van der Waals surface area contributed by atoms with E-state index in [2.05, 4.69) is 17.6 Å². The van der Waals surface area contributed by atoms with Gasteiger partial charge in [-0.05, 0) is 50.2 Å². The number of aliphatic imine (C=N–C) groups is 1. The number of nitrogens with zero attached hydrogens (tertiary/aromatic N) is 1. The molecule has 2 N–H and O–H groups in total. The Kier molecular flexibility index (Phi) is 7.22. The second-order valence-electron chi connectivity index (χ2n) is 7.45. The Balaban J connectivity index is 1.49. The van der Waals surface area contributed by atoms with Gasteiger partial charge in [0.05, 0.1) is 12.9 Å². The van der Waals surface area contributed by atoms with Gasteiger partial charge in [-0.3, -0.25) is 4.99 Å². The standard InChI is InChI=1S/C20H33N3O2/c1-2-16-5-7-18(8-6-16)23-20(22-14-17-10-13-24-15-17)21-11-9-19-4-3-12-25-19/h3-4,12,16-18H,2,5-11,13-15H2,1H3,(H2,21,22,23). The van der Waals surface area contributed by atoms with Gasteiger partial charge in [-0.15, -0.1) is 0 Å². The summed E-state index contributed by atoms with van der Waals surface area (Å²) in [5.41, 5.74) is 0. The number of furan rings is 1. The number of nitrogens with one attached hydrogen (secondary N) is 2. The molecule has 2 aliphatic rings. The quantitative estimate of drug-likeness (QED) is 0.586. The van der Waals surface area contributed by atoms with E-state index in [1.807, 2.05) is 12.1 Å². The summed E-state index contributed by atoms with van der Waals surface area (Å²) in [5.74, 6) is 3.46. The predicted octanol–water partition coefficient (Wildman–Crippen LogP) is 3.36. The first kappa shape index (κ1) is 18.3. The fourth-order valence-electron chi connectivity index (χ4n) is 3.77. The minimum Gasteiger partial charge on any atom is -0.469 e. The molecule has 0 radical (unpaired) electrons. The lowest BCUT2D eigenvalue weighted by Gasteiger charge is -2.29. The van der Waals surface area contributed by atoms with Gasteiger partial charge in [0.2, 0.25) is 0 Å². The molecule has 0 aromatic carbocycles. The van der Waals surface area contributed by atoms with E-state index in [1.165, 1.54) is 32.1 Å². The first-order valence-corrected chi connectivity index (χ1v) is 9.98. The normalized spacial score (nSPS) is 27.4. The van der Waals surface area contributed by atoms with Crippen molar-refractivity contribution in [1.82, 2.24) is 10.6 Å². The van der Waals surface area contributed by atoms with E-state index in [1.54, 1.807) is 6.26 Å². The zero-order valence-electron chi connectivity index (χ0n) is 15.5. The Bertz CT molecular complexity index is 501. The van der Waals surface area contributed by atoms with Crippen LogP contribution in [0.1, 0.15) is 51.2 Å². The maximum absolute atomic E-state index is 5.47. The van der Waals surface area contributed by atoms with E-state index in [4.69, 9.17) is 14.1 Å². The molecule has 1 aromatic rings. The second kappa shape index (κ2) is 9.85. The Morgan fingerprint density at radius 1 is 1.20 bits per heavy atom. The van der Waals surface area contributed by atoms with E-state index in [0.717, 1.165) is 56.8 Å². The Morgan fingerprint density at radius 3 is 2.76 bits per heavy atom. The highest BCUT2D eigenvalue weighted by atomic mass is 16.5. The molecule has 1 aliphatic heterocycles. The molecule has 25 heavy (non-hydrogen) atoms. The highest BCUT2D eigenvalue weighted by Gasteiger charge is 2.21. The van der Waals surface area contributed by atoms with Crippen LogP contribution in [0.4, 0.5) is 0 Å². The van der Waals surface area contributed by atoms with Crippen molar-refractivity contribution in [2.24, 2.45) is 16.8 Å². The molecule has 3 rings (SSSR count). The average Bonchev–Trinajstić information content (AvgIpc) is 3.34. The van der Waals surface area contributed by atoms with Gasteiger partial charge in [-0.25, -0.2) is 0 Å². The molecule has 5 heteroatoms. The van der Waals surface area contributed by atoms with Crippen molar-refractivity contribution in [1.29, 1.82) is 0 Å². The SMILES string of the molecule is CCC1CCC(NC(=NCC2CCOC2)NCCc2ccco2)CC1. The monoisotopic (exact) mass is 347 g/mol. The molecule has 5 nitrogen and oxygen atoms in total. The van der Waals surface area contributed by atoms with E-state index >= 15 is 0 Å². The molecule has 140 valence electrons. The maximum atomic E-state index is 5.47. The van der Waals surface area contributed by atoms with Crippen molar-refractivity contribution in [3.05, 3.63) is 24.2 Å². The molecule has 1 aliphatic carbocycles. The van der Waals surface area contributed by atoms with E-state index in [-0.39, 0.29) is 0 Å². The zero-order valence-corrected chi connectivity index (χ0v) is 15.5. The van der Waals surface area contributed by atoms with Crippen LogP contribution in [-0.2, 0) is 11.2 Å². The van der Waals surface area contributed by atoms with Crippen LogP contribution < -0.4 is 10.6 Å². The molecule has 1 saturated heterocycles. The van der Waals surface area contributed by atoms with Crippen molar-refractivity contribution in [3.8, 4) is 0 Å². The molecule has 2 heterocycles. The van der Waals surface area contributed by atoms with Gasteiger partial charge < -0.3 is 19.8 Å². The highest BCUT2D eigenvalue weighted by molar-refractivity contribution is 5.80. The van der Waals surface area contributed by atoms with Crippen LogP contribution >= 0.6 is 0 Å². The van der Waals surface area contributed by atoms with Gasteiger partial charge in [0, 0.05) is 38.1 Å². The Hall–Kier alpha value is -1.49. The molecular formula is C20H33N3O2. The number of hydrogen-bond donors (Lipinski definition) is 2. The zero-order chi connectivity index (χ0) is 17.3. The number of rotatable bonds is 7. The lowest BCUT2D eigenvalue weighted by Crippen LogP contribution is -2.45. The largest absolute Gasteiger partial charge is 0.469 e. The number of ether oxygens (including phenoxy) is 1. The average molecular weight is 348 g/mol. The van der Waals surface area contributed by atoms with Crippen LogP contribution in [0, 0.1) is 11.8 Å². The van der Waals surface area contributed by atoms with Gasteiger partial charge in [0.15, 0.2) is 5.96 Å². The van der Waals surface area contributed by atoms with Crippen LogP contribution in [0.2, 0.25) is 0 Å². The van der Waals surface area contributed by atoms with Crippen LogP contribution in [0.15, 0.2) is 27.8 Å². The summed E-state index contributed by atoms with van der Waals surface area (Å²) < 4.78 is 10.9. The molecular weight excluding hydrogens is 314 g/mol. The number of guanidine groups is 1. The molecule has 1 saturated carbocycles. The van der Waals surface area contributed by atoms with E-state index < -0.39 is 0 Å². The molecule has 1 atom stereocenters. The molecule has 1 aromatic heterocycles. The lowest BCUT2D eigenvalue weighted by atomic mass is 9.84. The van der Waals surface area contributed by atoms with E-state index in [0.29, 0.717) is 12.0 Å². The Morgan fingerprint density at radius 2 is 2.08 bits per heavy atom. The fourth-order valence-corrected chi connectivity index (χ4v) is 3.77. The van der Waals surface area contributed by atoms with E-state index in [9.17, 15) is 0 Å². The maximum Gasteiger partial charge on any atom is 0.191 e. The summed E-state index contributed by atoms with van der Waals surface area (Å²) in [6.07, 6.45) is 10.2. The number of hydrogen-bond acceptors (Lipinski definition) is 3. The van der Waals surface area contributed by atoms with Crippen molar-refractivity contribution < 1.29 is 9.15 Å². The van der Waals surface area contributed by atoms with Gasteiger partial charge in [0.1, 0.15) is 5.76 Å². The van der Waals surface area contributed by atoms with Gasteiger partial charge in [0.25, 0.3) is 0 Å². The van der Waals surface area contributed by atoms with Crippen LogP contribution in [0.5, 0.6) is 0 Å². The molecule has 1 unspecified atom stereocenters. The predicted molar refractivity (Wildman–Crippen MR) is 101 cm³/mol. The van der Waals surface area contributed by atoms with Crippen molar-refractivity contribution >= 4 is 5.96 Å². The molecule has 0 amide bonds. The van der Waals surface area contributed by atoms with Crippen LogP contribution in [-0.4, -0.2) is 38.3 Å². The van der Waals surface area contributed by atoms with Gasteiger partial charge in [-0.2, -0.15) is 0 Å². The minimum absolute atomic E-state index is 0.553. The van der Waals surface area contributed by atoms with Crippen molar-refractivity contribution in [3.63, 3.8) is 0 Å².